The van der Waals surface area contributed by atoms with Gasteiger partial charge in [-0.1, -0.05) is 48.9 Å². The molecule has 0 radical (unpaired) electrons. The summed E-state index contributed by atoms with van der Waals surface area (Å²) in [5, 5.41) is 1.16. The molecular formula is C19H16OS. The predicted molar refractivity (Wildman–Crippen MR) is 88.3 cm³/mol. The van der Waals surface area contributed by atoms with Gasteiger partial charge in [-0.2, -0.15) is 0 Å². The van der Waals surface area contributed by atoms with E-state index in [9.17, 15) is 4.79 Å². The van der Waals surface area contributed by atoms with E-state index in [0.717, 1.165) is 15.8 Å². The lowest BCUT2D eigenvalue weighted by atomic mass is 9.77. The number of thiophene rings is 1. The number of benzene rings is 2. The van der Waals surface area contributed by atoms with E-state index in [1.807, 2.05) is 30.3 Å². The van der Waals surface area contributed by atoms with Crippen LogP contribution >= 0.6 is 11.3 Å². The lowest BCUT2D eigenvalue weighted by Crippen LogP contribution is -2.13. The van der Waals surface area contributed by atoms with E-state index in [1.165, 1.54) is 29.5 Å². The van der Waals surface area contributed by atoms with Gasteiger partial charge in [-0.15, -0.1) is 11.3 Å². The van der Waals surface area contributed by atoms with Crippen LogP contribution in [0.1, 0.15) is 46.0 Å². The van der Waals surface area contributed by atoms with Gasteiger partial charge in [0.1, 0.15) is 0 Å². The molecule has 0 unspecified atom stereocenters. The van der Waals surface area contributed by atoms with E-state index in [1.54, 1.807) is 11.3 Å². The summed E-state index contributed by atoms with van der Waals surface area (Å²) in [7, 11) is 0. The minimum absolute atomic E-state index is 0.179. The van der Waals surface area contributed by atoms with Gasteiger partial charge in [0.05, 0.1) is 4.88 Å². The van der Waals surface area contributed by atoms with Gasteiger partial charge in [-0.25, -0.2) is 0 Å². The van der Waals surface area contributed by atoms with Gasteiger partial charge in [0.25, 0.3) is 0 Å². The molecule has 1 aliphatic rings. The summed E-state index contributed by atoms with van der Waals surface area (Å²) in [6.07, 6.45) is 3.73. The molecule has 1 saturated carbocycles. The minimum Gasteiger partial charge on any atom is -0.288 e. The lowest BCUT2D eigenvalue weighted by molar-refractivity contribution is 0.104. The molecule has 0 amide bonds. The van der Waals surface area contributed by atoms with Gasteiger partial charge in [-0.05, 0) is 41.8 Å². The Morgan fingerprint density at radius 3 is 2.52 bits per heavy atom. The highest BCUT2D eigenvalue weighted by molar-refractivity contribution is 7.21. The number of fused-ring (bicyclic) bond motifs is 1. The minimum atomic E-state index is 0.179. The Hall–Kier alpha value is -1.93. The summed E-state index contributed by atoms with van der Waals surface area (Å²) >= 11 is 1.60. The first kappa shape index (κ1) is 12.8. The second-order valence-electron chi connectivity index (χ2n) is 5.69. The average Bonchev–Trinajstić information content (AvgIpc) is 2.89. The summed E-state index contributed by atoms with van der Waals surface area (Å²) in [6, 6.07) is 18.4. The number of hydrogen-bond acceptors (Lipinski definition) is 2. The molecule has 0 atom stereocenters. The molecule has 1 aliphatic carbocycles. The van der Waals surface area contributed by atoms with Crippen molar-refractivity contribution in [3.63, 3.8) is 0 Å². The molecule has 0 N–H and O–H groups in total. The first-order valence-electron chi connectivity index (χ1n) is 7.45. The highest BCUT2D eigenvalue weighted by Gasteiger charge is 2.25. The van der Waals surface area contributed by atoms with Gasteiger partial charge in [0.15, 0.2) is 0 Å². The molecule has 1 nitrogen and oxygen atoms in total. The summed E-state index contributed by atoms with van der Waals surface area (Å²) in [4.78, 5) is 13.7. The summed E-state index contributed by atoms with van der Waals surface area (Å²) in [5.41, 5.74) is 2.14. The topological polar surface area (TPSA) is 17.1 Å². The molecule has 0 aliphatic heterocycles. The fraction of sp³-hybridized carbons (Fsp3) is 0.211. The maximum atomic E-state index is 12.9. The van der Waals surface area contributed by atoms with Crippen molar-refractivity contribution in [1.29, 1.82) is 0 Å². The van der Waals surface area contributed by atoms with Crippen LogP contribution in [-0.2, 0) is 0 Å². The predicted octanol–water partition coefficient (Wildman–Crippen LogP) is 5.40. The molecule has 1 heterocycles. The maximum absolute atomic E-state index is 12.9. The van der Waals surface area contributed by atoms with E-state index in [0.29, 0.717) is 5.92 Å². The van der Waals surface area contributed by atoms with Gasteiger partial charge in [0.2, 0.25) is 5.78 Å². The van der Waals surface area contributed by atoms with Crippen molar-refractivity contribution in [3.8, 4) is 0 Å². The first-order valence-corrected chi connectivity index (χ1v) is 8.27. The Labute approximate surface area is 128 Å². The van der Waals surface area contributed by atoms with Crippen LogP contribution in [0.5, 0.6) is 0 Å². The number of carbonyl (C=O) groups excluding carboxylic acids is 1. The number of ketones is 1. The van der Waals surface area contributed by atoms with Crippen molar-refractivity contribution < 1.29 is 4.79 Å². The Morgan fingerprint density at radius 1 is 1.00 bits per heavy atom. The Bertz CT molecular complexity index is 778. The van der Waals surface area contributed by atoms with Crippen LogP contribution < -0.4 is 0 Å². The lowest BCUT2D eigenvalue weighted by Gasteiger charge is -2.27. The molecular weight excluding hydrogens is 276 g/mol. The molecule has 3 aromatic rings. The van der Waals surface area contributed by atoms with Crippen LogP contribution in [0.25, 0.3) is 10.1 Å². The maximum Gasteiger partial charge on any atom is 0.203 e. The summed E-state index contributed by atoms with van der Waals surface area (Å²) < 4.78 is 1.18. The molecule has 0 saturated heterocycles. The SMILES string of the molecule is O=C(c1cc2ccccc2s1)c1ccccc1C1CCC1. The normalized spacial score (nSPS) is 15.0. The number of carbonyl (C=O) groups is 1. The van der Waals surface area contributed by atoms with Gasteiger partial charge >= 0.3 is 0 Å². The van der Waals surface area contributed by atoms with Crippen LogP contribution in [0.2, 0.25) is 0 Å². The molecule has 0 bridgehead atoms. The van der Waals surface area contributed by atoms with Crippen molar-refractivity contribution >= 4 is 27.2 Å². The zero-order valence-electron chi connectivity index (χ0n) is 11.7. The zero-order valence-corrected chi connectivity index (χ0v) is 12.5. The largest absolute Gasteiger partial charge is 0.288 e. The van der Waals surface area contributed by atoms with Gasteiger partial charge in [0, 0.05) is 10.3 Å². The van der Waals surface area contributed by atoms with Crippen molar-refractivity contribution in [2.24, 2.45) is 0 Å². The highest BCUT2D eigenvalue weighted by Crippen LogP contribution is 2.39. The van der Waals surface area contributed by atoms with Crippen molar-refractivity contribution in [1.82, 2.24) is 0 Å². The molecule has 1 aromatic heterocycles. The van der Waals surface area contributed by atoms with Crippen LogP contribution in [0.15, 0.2) is 54.6 Å². The van der Waals surface area contributed by atoms with E-state index < -0.39 is 0 Å². The fourth-order valence-electron chi connectivity index (χ4n) is 3.01. The van der Waals surface area contributed by atoms with E-state index in [4.69, 9.17) is 0 Å². The highest BCUT2D eigenvalue weighted by atomic mass is 32.1. The van der Waals surface area contributed by atoms with Crippen LogP contribution in [0, 0.1) is 0 Å². The number of rotatable bonds is 3. The zero-order chi connectivity index (χ0) is 14.2. The Kier molecular flexibility index (Phi) is 3.12. The van der Waals surface area contributed by atoms with E-state index in [2.05, 4.69) is 24.3 Å². The third kappa shape index (κ3) is 2.20. The van der Waals surface area contributed by atoms with Crippen molar-refractivity contribution in [3.05, 3.63) is 70.6 Å². The van der Waals surface area contributed by atoms with E-state index in [-0.39, 0.29) is 5.78 Å². The molecule has 21 heavy (non-hydrogen) atoms. The van der Waals surface area contributed by atoms with Crippen LogP contribution in [0.3, 0.4) is 0 Å². The molecule has 1 fully saturated rings. The first-order chi connectivity index (χ1) is 10.3. The van der Waals surface area contributed by atoms with Gasteiger partial charge in [-0.3, -0.25) is 4.79 Å². The fourth-order valence-corrected chi connectivity index (χ4v) is 4.02. The van der Waals surface area contributed by atoms with Crippen molar-refractivity contribution in [2.45, 2.75) is 25.2 Å². The molecule has 4 rings (SSSR count). The van der Waals surface area contributed by atoms with Crippen LogP contribution in [-0.4, -0.2) is 5.78 Å². The van der Waals surface area contributed by atoms with Gasteiger partial charge < -0.3 is 0 Å². The monoisotopic (exact) mass is 292 g/mol. The van der Waals surface area contributed by atoms with Crippen molar-refractivity contribution in [2.75, 3.05) is 0 Å². The van der Waals surface area contributed by atoms with E-state index >= 15 is 0 Å². The molecule has 2 heteroatoms. The second kappa shape index (κ2) is 5.12. The quantitative estimate of drug-likeness (QED) is 0.591. The molecule has 2 aromatic carbocycles. The third-order valence-electron chi connectivity index (χ3n) is 4.40. The Morgan fingerprint density at radius 2 is 1.76 bits per heavy atom. The Balaban J connectivity index is 1.77. The standard InChI is InChI=1S/C19H16OS/c20-19(18-12-14-6-1-4-11-17(14)21-18)16-10-3-2-9-15(16)13-7-5-8-13/h1-4,6,9-13H,5,7-8H2. The third-order valence-corrected chi connectivity index (χ3v) is 5.51. The second-order valence-corrected chi connectivity index (χ2v) is 6.78. The number of hydrogen-bond donors (Lipinski definition) is 0. The smallest absolute Gasteiger partial charge is 0.203 e. The van der Waals surface area contributed by atoms with Crippen LogP contribution in [0.4, 0.5) is 0 Å². The average molecular weight is 292 g/mol. The summed E-state index contributed by atoms with van der Waals surface area (Å²) in [5.74, 6) is 0.762. The molecule has 0 spiro atoms. The summed E-state index contributed by atoms with van der Waals surface area (Å²) in [6.45, 7) is 0. The molecule has 104 valence electrons.